The van der Waals surface area contributed by atoms with Crippen LogP contribution in [-0.4, -0.2) is 10.1 Å². The maximum atomic E-state index is 12.5. The van der Waals surface area contributed by atoms with Gasteiger partial charge in [-0.15, -0.1) is 0 Å². The van der Waals surface area contributed by atoms with Crippen LogP contribution >= 0.6 is 11.3 Å². The van der Waals surface area contributed by atoms with E-state index in [-0.39, 0.29) is 0 Å². The summed E-state index contributed by atoms with van der Waals surface area (Å²) in [5, 5.41) is 13.5. The highest BCUT2D eigenvalue weighted by Gasteiger charge is 2.30. The molecule has 0 amide bonds. The van der Waals surface area contributed by atoms with E-state index in [0.29, 0.717) is 10.8 Å². The number of aromatic nitrogens is 1. The number of rotatable bonds is 2. The molecule has 7 heteroatoms. The van der Waals surface area contributed by atoms with E-state index < -0.39 is 17.8 Å². The Labute approximate surface area is 123 Å². The number of halogens is 3. The van der Waals surface area contributed by atoms with E-state index in [0.717, 1.165) is 42.0 Å². The first-order chi connectivity index (χ1) is 9.93. The summed E-state index contributed by atoms with van der Waals surface area (Å²) in [5.74, 6) is 0. The zero-order valence-electron chi connectivity index (χ0n) is 10.9. The number of alkyl halides is 3. The van der Waals surface area contributed by atoms with Gasteiger partial charge in [0.1, 0.15) is 0 Å². The van der Waals surface area contributed by atoms with Crippen LogP contribution in [0.3, 0.4) is 0 Å². The molecule has 0 fully saturated rings. The van der Waals surface area contributed by atoms with Crippen molar-refractivity contribution in [1.29, 1.82) is 0 Å². The average Bonchev–Trinajstić information content (AvgIpc) is 2.82. The molecule has 0 spiro atoms. The van der Waals surface area contributed by atoms with Crippen LogP contribution in [0.1, 0.15) is 35.1 Å². The molecule has 1 aromatic carbocycles. The van der Waals surface area contributed by atoms with Gasteiger partial charge in [-0.3, -0.25) is 0 Å². The summed E-state index contributed by atoms with van der Waals surface area (Å²) in [5.41, 5.74) is 0.749. The number of fused-ring (bicyclic) bond motifs is 1. The quantitative estimate of drug-likeness (QED) is 0.870. The normalized spacial score (nSPS) is 18.4. The third kappa shape index (κ3) is 3.03. The number of aliphatic hydroxyl groups is 1. The predicted molar refractivity (Wildman–Crippen MR) is 74.7 cm³/mol. The Bertz CT molecular complexity index is 637. The van der Waals surface area contributed by atoms with Crippen molar-refractivity contribution in [1.82, 2.24) is 4.98 Å². The van der Waals surface area contributed by atoms with Crippen molar-refractivity contribution < 1.29 is 18.3 Å². The molecule has 1 aliphatic rings. The third-order valence-electron chi connectivity index (χ3n) is 3.38. The summed E-state index contributed by atoms with van der Waals surface area (Å²) in [4.78, 5) is 5.25. The fourth-order valence-electron chi connectivity index (χ4n) is 2.32. The Morgan fingerprint density at radius 1 is 1.24 bits per heavy atom. The SMILES string of the molecule is OC1CCCc2nc(Nc3ccc(C(F)(F)F)cc3)sc21. The second-order valence-corrected chi connectivity index (χ2v) is 5.97. The third-order valence-corrected chi connectivity index (χ3v) is 4.50. The maximum Gasteiger partial charge on any atom is 0.416 e. The minimum atomic E-state index is -4.33. The van der Waals surface area contributed by atoms with Gasteiger partial charge in [0.15, 0.2) is 5.13 Å². The Morgan fingerprint density at radius 3 is 2.57 bits per heavy atom. The first-order valence-electron chi connectivity index (χ1n) is 6.55. The topological polar surface area (TPSA) is 45.2 Å². The fraction of sp³-hybridized carbons (Fsp3) is 0.357. The fourth-order valence-corrected chi connectivity index (χ4v) is 3.37. The van der Waals surface area contributed by atoms with Gasteiger partial charge in [-0.2, -0.15) is 13.2 Å². The Hall–Kier alpha value is -1.60. The van der Waals surface area contributed by atoms with E-state index in [1.165, 1.54) is 23.5 Å². The lowest BCUT2D eigenvalue weighted by molar-refractivity contribution is -0.137. The van der Waals surface area contributed by atoms with Crippen molar-refractivity contribution in [3.63, 3.8) is 0 Å². The molecule has 0 bridgehead atoms. The molecule has 0 radical (unpaired) electrons. The van der Waals surface area contributed by atoms with Gasteiger partial charge in [-0.25, -0.2) is 4.98 Å². The minimum absolute atomic E-state index is 0.477. The van der Waals surface area contributed by atoms with Crippen LogP contribution in [0.25, 0.3) is 0 Å². The molecule has 112 valence electrons. The summed E-state index contributed by atoms with van der Waals surface area (Å²) in [6, 6.07) is 4.81. The van der Waals surface area contributed by atoms with Crippen molar-refractivity contribution >= 4 is 22.2 Å². The number of hydrogen-bond donors (Lipinski definition) is 2. The van der Waals surface area contributed by atoms with Gasteiger partial charge in [-0.05, 0) is 43.5 Å². The molecule has 1 heterocycles. The molecular weight excluding hydrogens is 301 g/mol. The van der Waals surface area contributed by atoms with Crippen LogP contribution in [0, 0.1) is 0 Å². The lowest BCUT2D eigenvalue weighted by Gasteiger charge is -2.14. The maximum absolute atomic E-state index is 12.5. The van der Waals surface area contributed by atoms with Crippen LogP contribution in [0.5, 0.6) is 0 Å². The summed E-state index contributed by atoms with van der Waals surface area (Å²) in [7, 11) is 0. The number of benzene rings is 1. The van der Waals surface area contributed by atoms with Crippen LogP contribution in [0.15, 0.2) is 24.3 Å². The van der Waals surface area contributed by atoms with Gasteiger partial charge in [-0.1, -0.05) is 11.3 Å². The van der Waals surface area contributed by atoms with Crippen molar-refractivity contribution in [2.24, 2.45) is 0 Å². The van der Waals surface area contributed by atoms with E-state index >= 15 is 0 Å². The van der Waals surface area contributed by atoms with Crippen LogP contribution in [-0.2, 0) is 12.6 Å². The number of aliphatic hydroxyl groups excluding tert-OH is 1. The molecule has 21 heavy (non-hydrogen) atoms. The molecule has 2 aromatic rings. The zero-order valence-corrected chi connectivity index (χ0v) is 11.8. The Morgan fingerprint density at radius 2 is 1.95 bits per heavy atom. The summed E-state index contributed by atoms with van der Waals surface area (Å²) >= 11 is 1.35. The summed E-state index contributed by atoms with van der Waals surface area (Å²) < 4.78 is 37.5. The number of nitrogens with zero attached hydrogens (tertiary/aromatic N) is 1. The Kier molecular flexibility index (Phi) is 3.62. The van der Waals surface area contributed by atoms with Crippen LogP contribution < -0.4 is 5.32 Å². The van der Waals surface area contributed by atoms with Gasteiger partial charge in [0.05, 0.1) is 22.2 Å². The highest BCUT2D eigenvalue weighted by atomic mass is 32.1. The van der Waals surface area contributed by atoms with E-state index in [1.54, 1.807) is 0 Å². The lowest BCUT2D eigenvalue weighted by Crippen LogP contribution is -2.06. The number of aryl methyl sites for hydroxylation is 1. The molecule has 1 aromatic heterocycles. The Balaban J connectivity index is 1.78. The predicted octanol–water partition coefficient (Wildman–Crippen LogP) is 4.28. The molecule has 0 aliphatic heterocycles. The molecule has 3 rings (SSSR count). The number of hydrogen-bond acceptors (Lipinski definition) is 4. The molecule has 0 saturated heterocycles. The molecule has 1 unspecified atom stereocenters. The van der Waals surface area contributed by atoms with Crippen LogP contribution in [0.4, 0.5) is 24.0 Å². The van der Waals surface area contributed by atoms with Crippen molar-refractivity contribution in [3.05, 3.63) is 40.4 Å². The molecular formula is C14H13F3N2OS. The number of nitrogens with one attached hydrogen (secondary N) is 1. The van der Waals surface area contributed by atoms with Gasteiger partial charge >= 0.3 is 6.18 Å². The molecule has 0 saturated carbocycles. The molecule has 2 N–H and O–H groups in total. The van der Waals surface area contributed by atoms with E-state index in [1.807, 2.05) is 0 Å². The van der Waals surface area contributed by atoms with Gasteiger partial charge in [0, 0.05) is 5.69 Å². The molecule has 3 nitrogen and oxygen atoms in total. The average molecular weight is 314 g/mol. The first-order valence-corrected chi connectivity index (χ1v) is 7.37. The number of thiazole rings is 1. The van der Waals surface area contributed by atoms with Gasteiger partial charge in [0.2, 0.25) is 0 Å². The first kappa shape index (κ1) is 14.3. The standard InChI is InChI=1S/C14H13F3N2OS/c15-14(16,17)8-4-6-9(7-5-8)18-13-19-10-2-1-3-11(20)12(10)21-13/h4-7,11,20H,1-3H2,(H,18,19). The minimum Gasteiger partial charge on any atom is -0.388 e. The molecule has 1 atom stereocenters. The van der Waals surface area contributed by atoms with Gasteiger partial charge < -0.3 is 10.4 Å². The smallest absolute Gasteiger partial charge is 0.388 e. The summed E-state index contributed by atoms with van der Waals surface area (Å²) in [6.45, 7) is 0. The largest absolute Gasteiger partial charge is 0.416 e. The second kappa shape index (κ2) is 5.31. The highest BCUT2D eigenvalue weighted by molar-refractivity contribution is 7.15. The number of anilines is 2. The highest BCUT2D eigenvalue weighted by Crippen LogP contribution is 2.37. The van der Waals surface area contributed by atoms with Crippen LogP contribution in [0.2, 0.25) is 0 Å². The zero-order chi connectivity index (χ0) is 15.0. The van der Waals surface area contributed by atoms with Crippen molar-refractivity contribution in [2.45, 2.75) is 31.5 Å². The lowest BCUT2D eigenvalue weighted by atomic mass is 10.0. The summed E-state index contributed by atoms with van der Waals surface area (Å²) in [6.07, 6.45) is -2.35. The van der Waals surface area contributed by atoms with E-state index in [9.17, 15) is 18.3 Å². The van der Waals surface area contributed by atoms with Crippen molar-refractivity contribution in [2.75, 3.05) is 5.32 Å². The van der Waals surface area contributed by atoms with E-state index in [2.05, 4.69) is 10.3 Å². The molecule has 1 aliphatic carbocycles. The van der Waals surface area contributed by atoms with E-state index in [4.69, 9.17) is 0 Å². The second-order valence-electron chi connectivity index (χ2n) is 4.94. The van der Waals surface area contributed by atoms with Crippen molar-refractivity contribution in [3.8, 4) is 0 Å². The monoisotopic (exact) mass is 314 g/mol. The van der Waals surface area contributed by atoms with Gasteiger partial charge in [0.25, 0.3) is 0 Å².